The summed E-state index contributed by atoms with van der Waals surface area (Å²) in [7, 11) is 0. The van der Waals surface area contributed by atoms with Crippen molar-refractivity contribution in [2.75, 3.05) is 0 Å². The van der Waals surface area contributed by atoms with E-state index >= 15 is 0 Å². The van der Waals surface area contributed by atoms with Crippen LogP contribution in [0.3, 0.4) is 0 Å². The highest BCUT2D eigenvalue weighted by molar-refractivity contribution is 7.73. The third kappa shape index (κ3) is 3.75. The van der Waals surface area contributed by atoms with Crippen molar-refractivity contribution in [2.24, 2.45) is 0 Å². The van der Waals surface area contributed by atoms with E-state index in [0.29, 0.717) is 6.42 Å². The number of aryl methyl sites for hydroxylation is 1. The van der Waals surface area contributed by atoms with E-state index in [1.54, 1.807) is 11.3 Å². The summed E-state index contributed by atoms with van der Waals surface area (Å²) in [6.45, 7) is 4.03. The van der Waals surface area contributed by atoms with E-state index in [1.807, 2.05) is 18.4 Å². The van der Waals surface area contributed by atoms with Gasteiger partial charge in [0.05, 0.1) is 12.5 Å². The number of aromatic nitrogens is 1. The van der Waals surface area contributed by atoms with Crippen LogP contribution in [-0.4, -0.2) is 10.9 Å². The van der Waals surface area contributed by atoms with Gasteiger partial charge in [-0.2, -0.15) is 0 Å². The van der Waals surface area contributed by atoms with Gasteiger partial charge in [-0.3, -0.25) is 4.79 Å². The van der Waals surface area contributed by atoms with Crippen LogP contribution in [0.2, 0.25) is 0 Å². The number of carbonyl (C=O) groups is 1. The molecule has 19 heavy (non-hydrogen) atoms. The number of nitrogens with one attached hydrogen (secondary N) is 2. The Hall–Kier alpha value is -0.980. The Morgan fingerprint density at radius 2 is 2.37 bits per heavy atom. The van der Waals surface area contributed by atoms with Gasteiger partial charge in [0, 0.05) is 15.4 Å². The molecule has 2 aromatic heterocycles. The summed E-state index contributed by atoms with van der Waals surface area (Å²) in [5.74, 6) is 0.0496. The molecular formula is C13H16N2OS3. The first kappa shape index (κ1) is 14.4. The molecule has 2 N–H and O–H groups in total. The van der Waals surface area contributed by atoms with Crippen LogP contribution < -0.4 is 5.32 Å². The van der Waals surface area contributed by atoms with Crippen molar-refractivity contribution < 1.29 is 4.79 Å². The predicted molar refractivity (Wildman–Crippen MR) is 83.4 cm³/mol. The molecule has 0 spiro atoms. The molecule has 2 heterocycles. The van der Waals surface area contributed by atoms with Crippen molar-refractivity contribution in [1.82, 2.24) is 10.3 Å². The van der Waals surface area contributed by atoms with Gasteiger partial charge in [0.1, 0.15) is 0 Å². The lowest BCUT2D eigenvalue weighted by molar-refractivity contribution is -0.121. The van der Waals surface area contributed by atoms with E-state index in [4.69, 9.17) is 12.2 Å². The zero-order chi connectivity index (χ0) is 13.8. The number of hydrogen-bond donors (Lipinski definition) is 2. The lowest BCUT2D eigenvalue weighted by Gasteiger charge is -2.15. The van der Waals surface area contributed by atoms with Crippen molar-refractivity contribution >= 4 is 40.8 Å². The minimum absolute atomic E-state index is 0.0496. The molecule has 0 radical (unpaired) electrons. The maximum Gasteiger partial charge on any atom is 0.225 e. The van der Waals surface area contributed by atoms with Gasteiger partial charge in [0.15, 0.2) is 3.95 Å². The Morgan fingerprint density at radius 3 is 2.89 bits per heavy atom. The average molecular weight is 312 g/mol. The van der Waals surface area contributed by atoms with Crippen molar-refractivity contribution in [1.29, 1.82) is 0 Å². The number of thiazole rings is 1. The normalized spacial score (nSPS) is 12.3. The Morgan fingerprint density at radius 1 is 1.58 bits per heavy atom. The fraction of sp³-hybridized carbons (Fsp3) is 0.385. The second-order valence-corrected chi connectivity index (χ2v) is 7.03. The van der Waals surface area contributed by atoms with Crippen LogP contribution in [0.5, 0.6) is 0 Å². The Bertz CT molecular complexity index is 598. The highest BCUT2D eigenvalue weighted by atomic mass is 32.1. The zero-order valence-corrected chi connectivity index (χ0v) is 13.3. The summed E-state index contributed by atoms with van der Waals surface area (Å²) in [6, 6.07) is 4.18. The Balaban J connectivity index is 2.01. The molecule has 0 saturated carbocycles. The minimum Gasteiger partial charge on any atom is -0.348 e. The molecule has 6 heteroatoms. The molecule has 0 saturated heterocycles. The number of rotatable bonds is 5. The van der Waals surface area contributed by atoms with Crippen LogP contribution in [0.1, 0.15) is 34.8 Å². The fourth-order valence-electron chi connectivity index (χ4n) is 1.86. The van der Waals surface area contributed by atoms with Gasteiger partial charge in [-0.1, -0.05) is 13.0 Å². The van der Waals surface area contributed by atoms with Crippen LogP contribution in [0.15, 0.2) is 17.5 Å². The fourth-order valence-corrected chi connectivity index (χ4v) is 4.01. The van der Waals surface area contributed by atoms with Crippen LogP contribution >= 0.6 is 34.9 Å². The molecule has 0 unspecified atom stereocenters. The number of aromatic amines is 1. The molecule has 1 amide bonds. The molecule has 0 aliphatic carbocycles. The quantitative estimate of drug-likeness (QED) is 0.820. The third-order valence-electron chi connectivity index (χ3n) is 2.87. The van der Waals surface area contributed by atoms with Crippen molar-refractivity contribution in [3.63, 3.8) is 0 Å². The van der Waals surface area contributed by atoms with Crippen LogP contribution in [0, 0.1) is 10.9 Å². The average Bonchev–Trinajstić information content (AvgIpc) is 2.97. The van der Waals surface area contributed by atoms with E-state index < -0.39 is 0 Å². The lowest BCUT2D eigenvalue weighted by Crippen LogP contribution is -2.28. The number of hydrogen-bond acceptors (Lipinski definition) is 4. The van der Waals surface area contributed by atoms with Gasteiger partial charge >= 0.3 is 0 Å². The van der Waals surface area contributed by atoms with Gasteiger partial charge < -0.3 is 10.3 Å². The Kier molecular flexibility index (Phi) is 4.90. The summed E-state index contributed by atoms with van der Waals surface area (Å²) in [5.41, 5.74) is 0.995. The smallest absolute Gasteiger partial charge is 0.225 e. The molecule has 3 nitrogen and oxygen atoms in total. The zero-order valence-electron chi connectivity index (χ0n) is 10.9. The second-order valence-electron chi connectivity index (χ2n) is 4.28. The largest absolute Gasteiger partial charge is 0.348 e. The molecule has 2 rings (SSSR count). The molecule has 0 aromatic carbocycles. The molecule has 1 atom stereocenters. The maximum atomic E-state index is 12.1. The third-order valence-corrected chi connectivity index (χ3v) is 5.20. The number of carbonyl (C=O) groups excluding carboxylic acids is 1. The summed E-state index contributed by atoms with van der Waals surface area (Å²) >= 11 is 8.23. The molecule has 102 valence electrons. The lowest BCUT2D eigenvalue weighted by atomic mass is 10.2. The summed E-state index contributed by atoms with van der Waals surface area (Å²) in [4.78, 5) is 17.4. The molecule has 0 aliphatic rings. The first-order chi connectivity index (χ1) is 9.10. The van der Waals surface area contributed by atoms with Crippen LogP contribution in [-0.2, 0) is 11.2 Å². The van der Waals surface area contributed by atoms with Crippen molar-refractivity contribution in [2.45, 2.75) is 32.7 Å². The topological polar surface area (TPSA) is 44.9 Å². The summed E-state index contributed by atoms with van der Waals surface area (Å²) < 4.78 is 0.727. The van der Waals surface area contributed by atoms with Gasteiger partial charge in [-0.05, 0) is 37.0 Å². The second kappa shape index (κ2) is 6.45. The van der Waals surface area contributed by atoms with Crippen LogP contribution in [0.4, 0.5) is 0 Å². The van der Waals surface area contributed by atoms with Gasteiger partial charge in [0.2, 0.25) is 5.91 Å². The summed E-state index contributed by atoms with van der Waals surface area (Å²) in [5, 5.41) is 5.12. The Labute approximate surface area is 125 Å². The molecule has 2 aromatic rings. The van der Waals surface area contributed by atoms with Gasteiger partial charge in [-0.25, -0.2) is 0 Å². The summed E-state index contributed by atoms with van der Waals surface area (Å²) in [6.07, 6.45) is 1.29. The van der Waals surface area contributed by atoms with Gasteiger partial charge in [0.25, 0.3) is 0 Å². The van der Waals surface area contributed by atoms with E-state index in [0.717, 1.165) is 20.9 Å². The highest BCUT2D eigenvalue weighted by Gasteiger charge is 2.15. The molecule has 0 fully saturated rings. The predicted octanol–water partition coefficient (Wildman–Crippen LogP) is 3.99. The first-order valence-electron chi connectivity index (χ1n) is 6.11. The monoisotopic (exact) mass is 312 g/mol. The SMILES string of the molecule is CC[C@H](NC(=O)Cc1sc(=S)[nH]c1C)c1cccs1. The van der Waals surface area contributed by atoms with E-state index in [-0.39, 0.29) is 11.9 Å². The number of thiophene rings is 1. The number of amides is 1. The standard InChI is InChI=1S/C13H16N2OS3/c1-3-9(10-5-4-6-18-10)15-12(16)7-11-8(2)14-13(17)19-11/h4-6,9H,3,7H2,1-2H3,(H,14,17)(H,15,16)/t9-/m0/s1. The van der Waals surface area contributed by atoms with E-state index in [2.05, 4.69) is 23.3 Å². The maximum absolute atomic E-state index is 12.1. The van der Waals surface area contributed by atoms with E-state index in [1.165, 1.54) is 16.2 Å². The molecule has 0 bridgehead atoms. The van der Waals surface area contributed by atoms with Crippen molar-refractivity contribution in [3.8, 4) is 0 Å². The molecular weight excluding hydrogens is 296 g/mol. The van der Waals surface area contributed by atoms with Gasteiger partial charge in [-0.15, -0.1) is 22.7 Å². The number of H-pyrrole nitrogens is 1. The highest BCUT2D eigenvalue weighted by Crippen LogP contribution is 2.22. The minimum atomic E-state index is 0.0496. The first-order valence-corrected chi connectivity index (χ1v) is 8.22. The van der Waals surface area contributed by atoms with Crippen molar-refractivity contribution in [3.05, 3.63) is 36.9 Å². The molecule has 0 aliphatic heterocycles. The van der Waals surface area contributed by atoms with E-state index in [9.17, 15) is 4.79 Å². The van der Waals surface area contributed by atoms with Crippen LogP contribution in [0.25, 0.3) is 0 Å².